The van der Waals surface area contributed by atoms with Crippen molar-refractivity contribution in [1.82, 2.24) is 0 Å². The molecule has 0 aromatic rings. The number of aliphatic hydroxyl groups is 4. The first-order chi connectivity index (χ1) is 31.4. The third-order valence-corrected chi connectivity index (χ3v) is 13.3. The first-order valence-electron chi connectivity index (χ1n) is 25.1. The minimum atomic E-state index is -4.90. The molecule has 388 valence electrons. The van der Waals surface area contributed by atoms with Gasteiger partial charge in [-0.05, 0) is 31.1 Å². The van der Waals surface area contributed by atoms with Crippen LogP contribution in [0.1, 0.15) is 194 Å². The second-order valence-electron chi connectivity index (χ2n) is 18.6. The molecule has 0 radical (unpaired) electrons. The maximum absolute atomic E-state index is 12.8. The van der Waals surface area contributed by atoms with Crippen molar-refractivity contribution in [2.45, 2.75) is 225 Å². The Morgan fingerprint density at radius 2 is 1.15 bits per heavy atom. The van der Waals surface area contributed by atoms with E-state index in [1.165, 1.54) is 89.9 Å². The third-order valence-electron chi connectivity index (χ3n) is 11.9. The molecule has 0 amide bonds. The molecule has 1 aliphatic rings. The summed E-state index contributed by atoms with van der Waals surface area (Å²) >= 11 is 0. The van der Waals surface area contributed by atoms with Crippen molar-refractivity contribution in [3.05, 3.63) is 24.3 Å². The fourth-order valence-corrected chi connectivity index (χ4v) is 9.13. The highest BCUT2D eigenvalue weighted by atomic mass is 31.2. The van der Waals surface area contributed by atoms with Gasteiger partial charge in [0.25, 0.3) is 0 Å². The summed E-state index contributed by atoms with van der Waals surface area (Å²) in [5.41, 5.74) is 0. The number of allylic oxidation sites excluding steroid dienone is 1. The molecule has 1 fully saturated rings. The quantitative estimate of drug-likeness (QED) is 0.0130. The number of phosphoric acid groups is 2. The maximum Gasteiger partial charge on any atom is 0.472 e. The molecule has 0 aromatic heterocycles. The van der Waals surface area contributed by atoms with Gasteiger partial charge in [0.15, 0.2) is 6.10 Å². The van der Waals surface area contributed by atoms with Crippen LogP contribution in [-0.4, -0.2) is 104 Å². The molecular formula is C48H90O16P2. The molecule has 18 heteroatoms. The number of rotatable bonds is 43. The van der Waals surface area contributed by atoms with Crippen molar-refractivity contribution in [3.8, 4) is 0 Å². The molecule has 1 unspecified atom stereocenters. The minimum Gasteiger partial charge on any atom is -0.461 e. The van der Waals surface area contributed by atoms with Crippen LogP contribution in [-0.2, 0) is 41.8 Å². The van der Waals surface area contributed by atoms with Crippen molar-refractivity contribution in [2.75, 3.05) is 26.4 Å². The Morgan fingerprint density at radius 1 is 0.636 bits per heavy atom. The van der Waals surface area contributed by atoms with Crippen LogP contribution < -0.4 is 0 Å². The van der Waals surface area contributed by atoms with E-state index in [2.05, 4.69) is 29.8 Å². The van der Waals surface area contributed by atoms with Gasteiger partial charge in [0.05, 0.1) is 44.6 Å². The molecule has 0 heterocycles. The van der Waals surface area contributed by atoms with E-state index in [1.807, 2.05) is 0 Å². The van der Waals surface area contributed by atoms with Gasteiger partial charge in [-0.25, -0.2) is 9.13 Å². The van der Waals surface area contributed by atoms with E-state index in [4.69, 9.17) is 23.8 Å². The van der Waals surface area contributed by atoms with E-state index in [9.17, 15) is 44.0 Å². The van der Waals surface area contributed by atoms with Gasteiger partial charge in [0.1, 0.15) is 12.7 Å². The lowest BCUT2D eigenvalue weighted by Gasteiger charge is -2.20. The molecule has 1 saturated carbocycles. The van der Waals surface area contributed by atoms with Crippen LogP contribution in [0.2, 0.25) is 0 Å². The Bertz CT molecular complexity index is 1390. The smallest absolute Gasteiger partial charge is 0.461 e. The summed E-state index contributed by atoms with van der Waals surface area (Å²) in [7, 11) is -9.79. The van der Waals surface area contributed by atoms with E-state index in [-0.39, 0.29) is 31.1 Å². The lowest BCUT2D eigenvalue weighted by Crippen LogP contribution is -2.29. The molecule has 0 bridgehead atoms. The molecular weight excluding hydrogens is 894 g/mol. The Hall–Kier alpha value is -1.52. The molecule has 1 aliphatic carbocycles. The molecule has 0 spiro atoms. The third kappa shape index (κ3) is 35.6. The normalized spacial score (nSPS) is 20.3. The number of esters is 2. The predicted molar refractivity (Wildman–Crippen MR) is 255 cm³/mol. The van der Waals surface area contributed by atoms with Gasteiger partial charge in [0.2, 0.25) is 0 Å². The Balaban J connectivity index is 2.49. The second-order valence-corrected chi connectivity index (χ2v) is 21.3. The number of carbonyl (C=O) groups is 2. The number of aliphatic hydroxyl groups excluding tert-OH is 4. The average molecular weight is 985 g/mol. The molecule has 7 N–H and O–H groups in total. The van der Waals surface area contributed by atoms with E-state index in [1.54, 1.807) is 24.3 Å². The number of unbranched alkanes of at least 4 members (excludes halogenated alkanes) is 19. The van der Waals surface area contributed by atoms with Crippen molar-refractivity contribution < 1.29 is 76.9 Å². The van der Waals surface area contributed by atoms with Crippen molar-refractivity contribution in [2.24, 2.45) is 17.8 Å². The van der Waals surface area contributed by atoms with E-state index >= 15 is 0 Å². The zero-order chi connectivity index (χ0) is 49.1. The fourth-order valence-electron chi connectivity index (χ4n) is 7.98. The highest BCUT2D eigenvalue weighted by Crippen LogP contribution is 2.44. The number of carbonyl (C=O) groups excluding carboxylic acids is 2. The highest BCUT2D eigenvalue weighted by molar-refractivity contribution is 7.47. The summed E-state index contributed by atoms with van der Waals surface area (Å²) in [6.07, 6.45) is 28.7. The zero-order valence-electron chi connectivity index (χ0n) is 40.5. The SMILES string of the molecule is CCCCC[C@@H](O)/C=C/[C@@H]1[C@H](C/C=C\CC(=O)OC[C@H](COP(=O)(O)OC[C@@H](O)COP(=O)(O)O)OC(=O)CCCCCCCCCCCCCCCCCCCCC(C)C)[C@@H](O)C[C@H]1O. The second kappa shape index (κ2) is 38.3. The van der Waals surface area contributed by atoms with Crippen LogP contribution in [0.4, 0.5) is 0 Å². The summed E-state index contributed by atoms with van der Waals surface area (Å²) in [5.74, 6) is -1.20. The molecule has 1 rings (SSSR count). The van der Waals surface area contributed by atoms with Crippen LogP contribution in [0.15, 0.2) is 24.3 Å². The van der Waals surface area contributed by atoms with Gasteiger partial charge in [-0.2, -0.15) is 0 Å². The van der Waals surface area contributed by atoms with E-state index < -0.39 is 84.5 Å². The number of phosphoric ester groups is 2. The first-order valence-corrected chi connectivity index (χ1v) is 28.2. The van der Waals surface area contributed by atoms with E-state index in [0.29, 0.717) is 19.3 Å². The van der Waals surface area contributed by atoms with Crippen molar-refractivity contribution in [1.29, 1.82) is 0 Å². The fraction of sp³-hybridized carbons (Fsp3) is 0.875. The molecule has 66 heavy (non-hydrogen) atoms. The van der Waals surface area contributed by atoms with Crippen molar-refractivity contribution in [3.63, 3.8) is 0 Å². The van der Waals surface area contributed by atoms with Crippen LogP contribution in [0, 0.1) is 17.8 Å². The highest BCUT2D eigenvalue weighted by Gasteiger charge is 2.39. The van der Waals surface area contributed by atoms with Crippen LogP contribution >= 0.6 is 15.6 Å². The lowest BCUT2D eigenvalue weighted by molar-refractivity contribution is -0.160. The van der Waals surface area contributed by atoms with Gasteiger partial charge < -0.3 is 44.6 Å². The standard InChI is InChI=1S/C48H90O16P2/c1-4-5-22-28-40(49)32-33-44-43(45(51)34-46(44)52)29-25-26-30-47(53)60-37-42(38-63-66(58,59)62-36-41(50)35-61-65(55,56)57)64-48(54)31-24-21-19-17-15-13-11-9-7-6-8-10-12-14-16-18-20-23-27-39(2)3/h25-26,32-33,39-46,49-52H,4-24,27-31,34-38H2,1-3H3,(H,58,59)(H2,55,56,57)/b26-25-,33-32+/t40-,41+,42-,43+,44-,45+,46-/m1/s1. The molecule has 0 aromatic carbocycles. The summed E-state index contributed by atoms with van der Waals surface area (Å²) in [6.45, 7) is 3.66. The molecule has 8 atom stereocenters. The summed E-state index contributed by atoms with van der Waals surface area (Å²) in [5, 5.41) is 41.2. The zero-order valence-corrected chi connectivity index (χ0v) is 42.3. The van der Waals surface area contributed by atoms with Crippen LogP contribution in [0.5, 0.6) is 0 Å². The summed E-state index contributed by atoms with van der Waals surface area (Å²) in [4.78, 5) is 53.2. The number of ether oxygens (including phenoxy) is 2. The first kappa shape index (κ1) is 62.5. The van der Waals surface area contributed by atoms with Crippen molar-refractivity contribution >= 4 is 27.6 Å². The van der Waals surface area contributed by atoms with Gasteiger partial charge in [-0.1, -0.05) is 180 Å². The lowest BCUT2D eigenvalue weighted by atomic mass is 9.89. The summed E-state index contributed by atoms with van der Waals surface area (Å²) in [6, 6.07) is 0. The topological polar surface area (TPSA) is 256 Å². The maximum atomic E-state index is 12.8. The van der Waals surface area contributed by atoms with Crippen LogP contribution in [0.25, 0.3) is 0 Å². The molecule has 0 saturated heterocycles. The largest absolute Gasteiger partial charge is 0.472 e. The van der Waals surface area contributed by atoms with Gasteiger partial charge in [0, 0.05) is 18.8 Å². The monoisotopic (exact) mass is 985 g/mol. The minimum absolute atomic E-state index is 0.0697. The summed E-state index contributed by atoms with van der Waals surface area (Å²) < 4.78 is 47.9. The molecule has 0 aliphatic heterocycles. The average Bonchev–Trinajstić information content (AvgIpc) is 3.53. The number of hydrogen-bond acceptors (Lipinski definition) is 13. The predicted octanol–water partition coefficient (Wildman–Crippen LogP) is 9.69. The van der Waals surface area contributed by atoms with Crippen LogP contribution in [0.3, 0.4) is 0 Å². The number of hydrogen-bond donors (Lipinski definition) is 7. The van der Waals surface area contributed by atoms with E-state index in [0.717, 1.165) is 50.9 Å². The molecule has 16 nitrogen and oxygen atoms in total. The Kier molecular flexibility index (Phi) is 36.2. The van der Waals surface area contributed by atoms with Gasteiger partial charge in [-0.15, -0.1) is 0 Å². The van der Waals surface area contributed by atoms with Gasteiger partial charge in [-0.3, -0.25) is 23.2 Å². The Morgan fingerprint density at radius 3 is 1.70 bits per heavy atom. The van der Waals surface area contributed by atoms with Gasteiger partial charge >= 0.3 is 27.6 Å². The Labute approximate surface area is 396 Å².